The van der Waals surface area contributed by atoms with Crippen LogP contribution in [-0.2, 0) is 0 Å². The van der Waals surface area contributed by atoms with E-state index in [1.165, 1.54) is 4.90 Å². The summed E-state index contributed by atoms with van der Waals surface area (Å²) in [5, 5.41) is 8.08. The molecule has 2 N–H and O–H groups in total. The Bertz CT molecular complexity index is 581. The number of anilines is 1. The molecule has 0 saturated carbocycles. The van der Waals surface area contributed by atoms with Crippen LogP contribution in [0.5, 0.6) is 0 Å². The second-order valence-corrected chi connectivity index (χ2v) is 5.25. The summed E-state index contributed by atoms with van der Waals surface area (Å²) >= 11 is 1.63. The van der Waals surface area contributed by atoms with Crippen LogP contribution >= 0.6 is 11.3 Å². The average molecular weight is 279 g/mol. The summed E-state index contributed by atoms with van der Waals surface area (Å²) < 4.78 is 1.05. The number of thiophene rings is 1. The molecule has 6 nitrogen and oxygen atoms in total. The van der Waals surface area contributed by atoms with Crippen LogP contribution in [0.15, 0.2) is 11.7 Å². The highest BCUT2D eigenvalue weighted by atomic mass is 32.1. The number of aryl methyl sites for hydroxylation is 1. The summed E-state index contributed by atoms with van der Waals surface area (Å²) in [6.07, 6.45) is 1.56. The Morgan fingerprint density at radius 1 is 1.37 bits per heavy atom. The topological polar surface area (TPSA) is 70.2 Å². The normalized spacial score (nSPS) is 10.5. The van der Waals surface area contributed by atoms with Crippen LogP contribution in [0.4, 0.5) is 10.6 Å². The van der Waals surface area contributed by atoms with Crippen LogP contribution < -0.4 is 10.6 Å². The smallest absolute Gasteiger partial charge is 0.316 e. The molecule has 2 aromatic rings. The van der Waals surface area contributed by atoms with Crippen LogP contribution in [0.25, 0.3) is 10.2 Å². The van der Waals surface area contributed by atoms with Gasteiger partial charge in [-0.1, -0.05) is 0 Å². The van der Waals surface area contributed by atoms with E-state index < -0.39 is 0 Å². The zero-order valence-electron chi connectivity index (χ0n) is 11.2. The number of aromatic nitrogens is 2. The van der Waals surface area contributed by atoms with Gasteiger partial charge in [0.1, 0.15) is 12.1 Å². The van der Waals surface area contributed by atoms with Gasteiger partial charge < -0.3 is 15.5 Å². The molecule has 0 aliphatic rings. The molecule has 0 fully saturated rings. The van der Waals surface area contributed by atoms with Crippen molar-refractivity contribution in [3.63, 3.8) is 0 Å². The Hall–Kier alpha value is -1.89. The summed E-state index contributed by atoms with van der Waals surface area (Å²) in [5.74, 6) is 0.821. The molecule has 2 aromatic heterocycles. The largest absolute Gasteiger partial charge is 0.367 e. The molecule has 0 saturated heterocycles. The molecule has 2 heterocycles. The minimum atomic E-state index is -0.0957. The van der Waals surface area contributed by atoms with Crippen molar-refractivity contribution in [2.24, 2.45) is 0 Å². The summed E-state index contributed by atoms with van der Waals surface area (Å²) in [7, 11) is 3.43. The predicted molar refractivity (Wildman–Crippen MR) is 77.7 cm³/mol. The number of rotatable bonds is 4. The first-order valence-corrected chi connectivity index (χ1v) is 6.85. The molecular formula is C12H17N5OS. The summed E-state index contributed by atoms with van der Waals surface area (Å²) in [4.78, 5) is 21.3. The number of amides is 2. The highest BCUT2D eigenvalue weighted by molar-refractivity contribution is 7.18. The second kappa shape index (κ2) is 5.83. The fourth-order valence-corrected chi connectivity index (χ4v) is 2.57. The quantitative estimate of drug-likeness (QED) is 0.835. The van der Waals surface area contributed by atoms with Crippen molar-refractivity contribution in [2.75, 3.05) is 32.5 Å². The molecule has 0 bridgehead atoms. The van der Waals surface area contributed by atoms with Gasteiger partial charge in [-0.3, -0.25) is 0 Å². The van der Waals surface area contributed by atoms with Crippen LogP contribution in [0, 0.1) is 6.92 Å². The van der Waals surface area contributed by atoms with Gasteiger partial charge in [-0.25, -0.2) is 14.8 Å². The van der Waals surface area contributed by atoms with Gasteiger partial charge in [0.15, 0.2) is 0 Å². The van der Waals surface area contributed by atoms with Gasteiger partial charge in [0, 0.05) is 27.2 Å². The van der Waals surface area contributed by atoms with Crippen molar-refractivity contribution in [2.45, 2.75) is 6.92 Å². The number of hydrogen-bond acceptors (Lipinski definition) is 5. The van der Waals surface area contributed by atoms with E-state index in [0.717, 1.165) is 21.6 Å². The Balaban J connectivity index is 1.93. The van der Waals surface area contributed by atoms with Gasteiger partial charge in [0.05, 0.1) is 10.2 Å². The number of fused-ring (bicyclic) bond motifs is 1. The molecular weight excluding hydrogens is 262 g/mol. The molecule has 2 amide bonds. The van der Waals surface area contributed by atoms with E-state index >= 15 is 0 Å². The third kappa shape index (κ3) is 3.11. The molecule has 0 unspecified atom stereocenters. The number of carbonyl (C=O) groups excluding carboxylic acids is 1. The van der Waals surface area contributed by atoms with Crippen molar-refractivity contribution in [1.82, 2.24) is 20.2 Å². The lowest BCUT2D eigenvalue weighted by molar-refractivity contribution is 0.218. The van der Waals surface area contributed by atoms with Crippen LogP contribution in [0.2, 0.25) is 0 Å². The van der Waals surface area contributed by atoms with E-state index in [-0.39, 0.29) is 6.03 Å². The number of hydrogen-bond donors (Lipinski definition) is 2. The van der Waals surface area contributed by atoms with E-state index in [1.54, 1.807) is 31.8 Å². The Morgan fingerprint density at radius 2 is 2.16 bits per heavy atom. The molecule has 2 rings (SSSR count). The number of carbonyl (C=O) groups is 1. The molecule has 19 heavy (non-hydrogen) atoms. The monoisotopic (exact) mass is 279 g/mol. The zero-order valence-corrected chi connectivity index (χ0v) is 12.0. The van der Waals surface area contributed by atoms with Crippen molar-refractivity contribution in [3.8, 4) is 0 Å². The summed E-state index contributed by atoms with van der Waals surface area (Å²) in [6.45, 7) is 3.21. The lowest BCUT2D eigenvalue weighted by Gasteiger charge is -2.12. The minimum absolute atomic E-state index is 0.0957. The molecule has 0 aromatic carbocycles. The summed E-state index contributed by atoms with van der Waals surface area (Å²) in [5.41, 5.74) is 2.14. The van der Waals surface area contributed by atoms with E-state index in [9.17, 15) is 4.79 Å². The Labute approximate surface area is 115 Å². The number of urea groups is 1. The average Bonchev–Trinajstić information content (AvgIpc) is 2.77. The second-order valence-electron chi connectivity index (χ2n) is 4.37. The minimum Gasteiger partial charge on any atom is -0.367 e. The lowest BCUT2D eigenvalue weighted by atomic mass is 10.3. The van der Waals surface area contributed by atoms with E-state index in [2.05, 4.69) is 26.0 Å². The van der Waals surface area contributed by atoms with Crippen molar-refractivity contribution in [3.05, 3.63) is 17.3 Å². The molecule has 102 valence electrons. The van der Waals surface area contributed by atoms with Crippen molar-refractivity contribution < 1.29 is 4.79 Å². The standard InChI is InChI=1S/C12H17N5OS/c1-8-6-19-10-9(8)15-7-16-11(10)13-4-5-14-12(18)17(2)3/h6-7H,4-5H2,1-3H3,(H,14,18)(H,13,15,16). The predicted octanol–water partition coefficient (Wildman–Crippen LogP) is 1.68. The van der Waals surface area contributed by atoms with Gasteiger partial charge in [0.25, 0.3) is 0 Å². The Morgan fingerprint density at radius 3 is 2.89 bits per heavy atom. The third-order valence-corrected chi connectivity index (χ3v) is 3.72. The summed E-state index contributed by atoms with van der Waals surface area (Å²) in [6, 6.07) is -0.0957. The van der Waals surface area contributed by atoms with Crippen LogP contribution in [0.3, 0.4) is 0 Å². The highest BCUT2D eigenvalue weighted by Gasteiger charge is 2.07. The van der Waals surface area contributed by atoms with Gasteiger partial charge in [-0.05, 0) is 17.9 Å². The van der Waals surface area contributed by atoms with Crippen molar-refractivity contribution >= 4 is 33.4 Å². The highest BCUT2D eigenvalue weighted by Crippen LogP contribution is 2.28. The van der Waals surface area contributed by atoms with E-state index in [0.29, 0.717) is 13.1 Å². The number of nitrogens with one attached hydrogen (secondary N) is 2. The maximum atomic E-state index is 11.3. The van der Waals surface area contributed by atoms with Crippen molar-refractivity contribution in [1.29, 1.82) is 0 Å². The van der Waals surface area contributed by atoms with Crippen LogP contribution in [-0.4, -0.2) is 48.1 Å². The number of nitrogens with zero attached hydrogens (tertiary/aromatic N) is 3. The zero-order chi connectivity index (χ0) is 13.8. The first-order chi connectivity index (χ1) is 9.09. The lowest BCUT2D eigenvalue weighted by Crippen LogP contribution is -2.37. The van der Waals surface area contributed by atoms with E-state index in [4.69, 9.17) is 0 Å². The van der Waals surface area contributed by atoms with Gasteiger partial charge in [0.2, 0.25) is 0 Å². The molecule has 0 radical (unpaired) electrons. The maximum Gasteiger partial charge on any atom is 0.316 e. The molecule has 0 aliphatic carbocycles. The molecule has 0 atom stereocenters. The fraction of sp³-hybridized carbons (Fsp3) is 0.417. The SMILES string of the molecule is Cc1csc2c(NCCNC(=O)N(C)C)ncnc12. The van der Waals surface area contributed by atoms with Gasteiger partial charge in [-0.15, -0.1) is 11.3 Å². The van der Waals surface area contributed by atoms with Gasteiger partial charge >= 0.3 is 6.03 Å². The Kier molecular flexibility index (Phi) is 4.16. The fourth-order valence-electron chi connectivity index (χ4n) is 1.60. The first kappa shape index (κ1) is 13.5. The molecule has 0 spiro atoms. The maximum absolute atomic E-state index is 11.3. The molecule has 7 heteroatoms. The third-order valence-electron chi connectivity index (χ3n) is 2.63. The molecule has 0 aliphatic heterocycles. The van der Waals surface area contributed by atoms with Gasteiger partial charge in [-0.2, -0.15) is 0 Å². The first-order valence-electron chi connectivity index (χ1n) is 5.97. The van der Waals surface area contributed by atoms with E-state index in [1.807, 2.05) is 6.92 Å². The van der Waals surface area contributed by atoms with Crippen LogP contribution in [0.1, 0.15) is 5.56 Å².